The number of nitrogens with zero attached hydrogens (tertiary/aromatic N) is 4. The fraction of sp³-hybridized carbons (Fsp3) is 0.171. The third kappa shape index (κ3) is 11.1. The third-order valence-corrected chi connectivity index (χ3v) is 15.1. The Morgan fingerprint density at radius 3 is 1.22 bits per heavy atom. The molecule has 0 radical (unpaired) electrons. The first-order valence-electron chi connectivity index (χ1n) is 27.2. The minimum Gasteiger partial charge on any atom is -0.423 e. The zero-order valence-corrected chi connectivity index (χ0v) is 47.3. The minimum atomic E-state index is -1.38. The van der Waals surface area contributed by atoms with Gasteiger partial charge >= 0.3 is 7.12 Å². The molecule has 388 valence electrons. The first kappa shape index (κ1) is 53.5. The maximum atomic E-state index is 8.94. The zero-order valence-electron chi connectivity index (χ0n) is 45.7. The summed E-state index contributed by atoms with van der Waals surface area (Å²) in [6, 6.07) is 76.0. The van der Waals surface area contributed by atoms with E-state index in [9.17, 15) is 0 Å². The lowest BCUT2D eigenvalue weighted by Crippen LogP contribution is -2.29. The summed E-state index contributed by atoms with van der Waals surface area (Å²) >= 11 is 3.62. The van der Waals surface area contributed by atoms with Gasteiger partial charge in [0.05, 0.1) is 33.4 Å². The van der Waals surface area contributed by atoms with Gasteiger partial charge in [-0.2, -0.15) is 0 Å². The average Bonchev–Trinajstić information content (AvgIpc) is 4.26. The highest BCUT2D eigenvalue weighted by Gasteiger charge is 2.24. The van der Waals surface area contributed by atoms with Crippen molar-refractivity contribution < 1.29 is 10.0 Å². The first-order chi connectivity index (χ1) is 37.7. The topological polar surface area (TPSA) is 76.1 Å². The Hall–Kier alpha value is -7.88. The SMILES string of the molecule is CC(C)c1cccc(C(C)C)c1-n1c(-c2cccc(-c3ccc4ccccc4c3)c2)nc2ccccc21.CC(C)c1cccc(C(C)C)c1-n1c(-c2cccc(Br)c2)nc2ccccc21.OB(O)c1ccc2ccccc2c1. The van der Waals surface area contributed by atoms with Crippen molar-refractivity contribution in [2.75, 3.05) is 0 Å². The fourth-order valence-corrected chi connectivity index (χ4v) is 11.0. The molecule has 2 N–H and O–H groups in total. The van der Waals surface area contributed by atoms with Crippen LogP contribution < -0.4 is 5.46 Å². The molecule has 2 aromatic heterocycles. The van der Waals surface area contributed by atoms with E-state index in [1.54, 1.807) is 12.1 Å². The van der Waals surface area contributed by atoms with Gasteiger partial charge in [-0.05, 0) is 133 Å². The quantitative estimate of drug-likeness (QED) is 0.134. The molecular weight excluding hydrogens is 1020 g/mol. The van der Waals surface area contributed by atoms with Crippen molar-refractivity contribution in [3.8, 4) is 45.3 Å². The van der Waals surface area contributed by atoms with Crippen LogP contribution in [0.1, 0.15) is 101 Å². The Balaban J connectivity index is 0.000000147. The van der Waals surface area contributed by atoms with E-state index in [1.807, 2.05) is 30.3 Å². The van der Waals surface area contributed by atoms with Crippen LogP contribution in [0.25, 0.3) is 88.9 Å². The highest BCUT2D eigenvalue weighted by molar-refractivity contribution is 9.10. The van der Waals surface area contributed by atoms with Gasteiger partial charge in [-0.1, -0.05) is 241 Å². The number of aromatic nitrogens is 4. The smallest absolute Gasteiger partial charge is 0.423 e. The van der Waals surface area contributed by atoms with Crippen LogP contribution in [-0.2, 0) is 0 Å². The van der Waals surface area contributed by atoms with Crippen molar-refractivity contribution in [1.29, 1.82) is 0 Å². The Labute approximate surface area is 468 Å². The molecule has 78 heavy (non-hydrogen) atoms. The van der Waals surface area contributed by atoms with E-state index in [4.69, 9.17) is 20.0 Å². The van der Waals surface area contributed by atoms with Gasteiger partial charge in [0.2, 0.25) is 0 Å². The molecule has 0 fully saturated rings. The van der Waals surface area contributed by atoms with Gasteiger partial charge in [0.25, 0.3) is 0 Å². The first-order valence-corrected chi connectivity index (χ1v) is 28.0. The van der Waals surface area contributed by atoms with Gasteiger partial charge < -0.3 is 10.0 Å². The van der Waals surface area contributed by atoms with Crippen molar-refractivity contribution in [3.05, 3.63) is 245 Å². The van der Waals surface area contributed by atoms with E-state index in [2.05, 4.69) is 256 Å². The second kappa shape index (κ2) is 23.4. The summed E-state index contributed by atoms with van der Waals surface area (Å²) in [5.74, 6) is 3.60. The largest absolute Gasteiger partial charge is 0.488 e. The van der Waals surface area contributed by atoms with Crippen molar-refractivity contribution in [3.63, 3.8) is 0 Å². The lowest BCUT2D eigenvalue weighted by Gasteiger charge is -2.22. The van der Waals surface area contributed by atoms with Crippen LogP contribution in [0.3, 0.4) is 0 Å². The molecule has 0 bridgehead atoms. The third-order valence-electron chi connectivity index (χ3n) is 14.6. The average molecular weight is 1090 g/mol. The number of para-hydroxylation sites is 6. The highest BCUT2D eigenvalue weighted by Crippen LogP contribution is 2.40. The highest BCUT2D eigenvalue weighted by atomic mass is 79.9. The van der Waals surface area contributed by atoms with Crippen LogP contribution in [0.4, 0.5) is 0 Å². The summed E-state index contributed by atoms with van der Waals surface area (Å²) in [6.45, 7) is 18.2. The summed E-state index contributed by atoms with van der Waals surface area (Å²) in [5.41, 5.74) is 17.4. The summed E-state index contributed by atoms with van der Waals surface area (Å²) in [6.07, 6.45) is 0. The normalized spacial score (nSPS) is 11.5. The maximum absolute atomic E-state index is 8.94. The molecular formula is C70H66BBrN4O2. The molecule has 12 aromatic rings. The summed E-state index contributed by atoms with van der Waals surface area (Å²) in [4.78, 5) is 10.3. The van der Waals surface area contributed by atoms with E-state index in [0.29, 0.717) is 29.1 Å². The zero-order chi connectivity index (χ0) is 54.6. The standard InChI is InChI=1S/C35H32N2.C25H25BrN2.C10H9BO2/c1-23(2)30-15-10-16-31(24(3)4)34(30)37-33-18-8-7-17-32(33)36-35(37)29-14-9-13-27(22-29)28-20-19-25-11-5-6-12-26(25)21-28;1-16(2)20-11-8-12-21(17(3)4)24(20)28-23-14-6-5-13-22(23)27-25(28)18-9-7-10-19(26)15-18;12-11(13)10-6-5-8-3-1-2-4-9(8)7-10/h5-24H,1-4H3;5-17H,1-4H3;1-7,12-13H. The van der Waals surface area contributed by atoms with E-state index in [1.165, 1.54) is 55.5 Å². The number of imidazole rings is 2. The van der Waals surface area contributed by atoms with Crippen LogP contribution in [0.5, 0.6) is 0 Å². The van der Waals surface area contributed by atoms with E-state index in [-0.39, 0.29) is 0 Å². The van der Waals surface area contributed by atoms with Gasteiger partial charge in [-0.15, -0.1) is 0 Å². The van der Waals surface area contributed by atoms with Crippen LogP contribution in [0.2, 0.25) is 0 Å². The van der Waals surface area contributed by atoms with Gasteiger partial charge in [0, 0.05) is 15.6 Å². The van der Waals surface area contributed by atoms with Gasteiger partial charge in [0.1, 0.15) is 11.6 Å². The van der Waals surface area contributed by atoms with Crippen LogP contribution in [0, 0.1) is 0 Å². The molecule has 0 spiro atoms. The number of hydrogen-bond acceptors (Lipinski definition) is 4. The lowest BCUT2D eigenvalue weighted by molar-refractivity contribution is 0.426. The maximum Gasteiger partial charge on any atom is 0.488 e. The molecule has 0 atom stereocenters. The minimum absolute atomic E-state index is 0.395. The van der Waals surface area contributed by atoms with E-state index < -0.39 is 7.12 Å². The fourth-order valence-electron chi connectivity index (χ4n) is 10.6. The molecule has 0 saturated heterocycles. The summed E-state index contributed by atoms with van der Waals surface area (Å²) in [7, 11) is -1.38. The summed E-state index contributed by atoms with van der Waals surface area (Å²) < 4.78 is 5.83. The van der Waals surface area contributed by atoms with Crippen LogP contribution in [-0.4, -0.2) is 36.3 Å². The van der Waals surface area contributed by atoms with E-state index >= 15 is 0 Å². The van der Waals surface area contributed by atoms with Crippen molar-refractivity contribution in [2.45, 2.75) is 79.1 Å². The van der Waals surface area contributed by atoms with Crippen LogP contribution in [0.15, 0.2) is 223 Å². The van der Waals surface area contributed by atoms with Gasteiger partial charge in [0.15, 0.2) is 0 Å². The van der Waals surface area contributed by atoms with Crippen molar-refractivity contribution >= 4 is 72.1 Å². The summed E-state index contributed by atoms with van der Waals surface area (Å²) in [5, 5.41) is 22.5. The monoisotopic (exact) mass is 1080 g/mol. The molecule has 8 heteroatoms. The molecule has 0 aliphatic carbocycles. The molecule has 12 rings (SSSR count). The molecule has 0 unspecified atom stereocenters. The van der Waals surface area contributed by atoms with Crippen LogP contribution >= 0.6 is 15.9 Å². The van der Waals surface area contributed by atoms with Crippen molar-refractivity contribution in [1.82, 2.24) is 19.1 Å². The number of halogens is 1. The Bertz CT molecular complexity index is 4020. The molecule has 0 aliphatic rings. The Kier molecular flexibility index (Phi) is 16.0. The van der Waals surface area contributed by atoms with E-state index in [0.717, 1.165) is 60.1 Å². The second-order valence-electron chi connectivity index (χ2n) is 21.3. The number of rotatable bonds is 10. The predicted octanol–water partition coefficient (Wildman–Crippen LogP) is 18.0. The number of hydrogen-bond donors (Lipinski definition) is 2. The second-order valence-corrected chi connectivity index (χ2v) is 22.3. The number of benzene rings is 10. The Morgan fingerprint density at radius 2 is 0.744 bits per heavy atom. The predicted molar refractivity (Wildman–Crippen MR) is 334 cm³/mol. The molecule has 10 aromatic carbocycles. The van der Waals surface area contributed by atoms with Crippen molar-refractivity contribution in [2.24, 2.45) is 0 Å². The van der Waals surface area contributed by atoms with Gasteiger partial charge in [-0.3, -0.25) is 9.13 Å². The molecule has 2 heterocycles. The number of fused-ring (bicyclic) bond motifs is 4. The Morgan fingerprint density at radius 1 is 0.359 bits per heavy atom. The molecule has 0 aliphatic heterocycles. The molecule has 0 saturated carbocycles. The lowest BCUT2D eigenvalue weighted by atomic mass is 9.79. The van der Waals surface area contributed by atoms with Gasteiger partial charge in [-0.25, -0.2) is 9.97 Å². The molecule has 0 amide bonds. The molecule has 6 nitrogen and oxygen atoms in total.